The highest BCUT2D eigenvalue weighted by Gasteiger charge is 2.28. The monoisotopic (exact) mass is 334 g/mol. The lowest BCUT2D eigenvalue weighted by Gasteiger charge is -2.18. The Kier molecular flexibility index (Phi) is 4.83. The Hall–Kier alpha value is -3.36. The summed E-state index contributed by atoms with van der Waals surface area (Å²) in [6.07, 6.45) is -0.00202. The molecular weight excluding hydrogens is 320 g/mol. The average molecular weight is 334 g/mol. The van der Waals surface area contributed by atoms with Crippen molar-refractivity contribution in [3.8, 4) is 11.5 Å². The molecule has 24 heavy (non-hydrogen) atoms. The first-order chi connectivity index (χ1) is 11.3. The van der Waals surface area contributed by atoms with E-state index in [-0.39, 0.29) is 22.6 Å². The lowest BCUT2D eigenvalue weighted by atomic mass is 10.1. The van der Waals surface area contributed by atoms with E-state index in [0.717, 1.165) is 0 Å². The van der Waals surface area contributed by atoms with E-state index in [1.807, 2.05) is 10.6 Å². The maximum atomic E-state index is 11.8. The predicted octanol–water partition coefficient (Wildman–Crippen LogP) is 0.296. The van der Waals surface area contributed by atoms with E-state index < -0.39 is 29.9 Å². The molecule has 0 unspecified atom stereocenters. The second kappa shape index (κ2) is 6.82. The summed E-state index contributed by atoms with van der Waals surface area (Å²) in [6, 6.07) is 3.71. The number of hydrogen-bond acceptors (Lipinski definition) is 6. The highest BCUT2D eigenvalue weighted by atomic mass is 16.5. The van der Waals surface area contributed by atoms with Gasteiger partial charge in [0, 0.05) is 5.56 Å². The molecule has 1 aliphatic heterocycles. The quantitative estimate of drug-likeness (QED) is 0.521. The Bertz CT molecular complexity index is 732. The molecule has 0 saturated carbocycles. The number of hydrogen-bond donors (Lipinski definition) is 3. The van der Waals surface area contributed by atoms with Crippen LogP contribution in [0.3, 0.4) is 0 Å². The topological polar surface area (TPSA) is 131 Å². The summed E-state index contributed by atoms with van der Waals surface area (Å²) >= 11 is 0. The molecule has 0 aliphatic carbocycles. The van der Waals surface area contributed by atoms with Crippen molar-refractivity contribution in [1.82, 2.24) is 10.6 Å². The first kappa shape index (κ1) is 17.0. The normalized spacial score (nSPS) is 15.2. The molecule has 1 fully saturated rings. The molecule has 0 spiro atoms. The van der Waals surface area contributed by atoms with Crippen molar-refractivity contribution >= 4 is 29.9 Å². The molecule has 1 atom stereocenters. The number of ether oxygens (including phenoxy) is 2. The van der Waals surface area contributed by atoms with Gasteiger partial charge in [-0.2, -0.15) is 0 Å². The number of methoxy groups -OCH3 is 1. The average Bonchev–Trinajstić information content (AvgIpc) is 2.51. The summed E-state index contributed by atoms with van der Waals surface area (Å²) in [6.45, 7) is 1.32. The summed E-state index contributed by atoms with van der Waals surface area (Å²) in [5.41, 5.74) is -0.0761. The number of benzene rings is 1. The molecule has 0 radical (unpaired) electrons. The number of carboxylic acids is 1. The van der Waals surface area contributed by atoms with Gasteiger partial charge in [0.15, 0.2) is 17.6 Å². The van der Waals surface area contributed by atoms with Gasteiger partial charge in [-0.1, -0.05) is 12.1 Å². The third-order valence-corrected chi connectivity index (χ3v) is 3.11. The Morgan fingerprint density at radius 3 is 2.38 bits per heavy atom. The predicted molar refractivity (Wildman–Crippen MR) is 80.4 cm³/mol. The minimum atomic E-state index is -1.20. The van der Waals surface area contributed by atoms with E-state index in [1.165, 1.54) is 32.2 Å². The lowest BCUT2D eigenvalue weighted by molar-refractivity contribution is -0.144. The van der Waals surface area contributed by atoms with Gasteiger partial charge in [0.25, 0.3) is 11.8 Å². The van der Waals surface area contributed by atoms with Crippen LogP contribution in [-0.2, 0) is 14.4 Å². The first-order valence-corrected chi connectivity index (χ1v) is 6.78. The molecule has 0 bridgehead atoms. The first-order valence-electron chi connectivity index (χ1n) is 6.78. The maximum absolute atomic E-state index is 11.8. The van der Waals surface area contributed by atoms with Crippen LogP contribution in [-0.4, -0.2) is 42.1 Å². The minimum absolute atomic E-state index is 0.0555. The Balaban J connectivity index is 2.48. The second-order valence-electron chi connectivity index (χ2n) is 4.77. The van der Waals surface area contributed by atoms with Gasteiger partial charge in [0.2, 0.25) is 0 Å². The smallest absolute Gasteiger partial charge is 0.344 e. The van der Waals surface area contributed by atoms with E-state index in [1.54, 1.807) is 6.07 Å². The lowest BCUT2D eigenvalue weighted by Crippen LogP contribution is -2.51. The van der Waals surface area contributed by atoms with Crippen LogP contribution in [0, 0.1) is 0 Å². The van der Waals surface area contributed by atoms with E-state index >= 15 is 0 Å². The van der Waals surface area contributed by atoms with Gasteiger partial charge in [0.05, 0.1) is 7.11 Å². The fraction of sp³-hybridized carbons (Fsp3) is 0.200. The molecule has 2 rings (SSSR count). The number of nitrogens with one attached hydrogen (secondary N) is 2. The molecule has 9 heteroatoms. The van der Waals surface area contributed by atoms with Gasteiger partial charge < -0.3 is 14.6 Å². The number of carbonyl (C=O) groups excluding carboxylic acids is 3. The number of para-hydroxylation sites is 1. The van der Waals surface area contributed by atoms with Gasteiger partial charge in [-0.05, 0) is 19.1 Å². The molecule has 9 nitrogen and oxygen atoms in total. The number of urea groups is 1. The zero-order valence-corrected chi connectivity index (χ0v) is 12.8. The van der Waals surface area contributed by atoms with E-state index in [2.05, 4.69) is 0 Å². The largest absolute Gasteiger partial charge is 0.493 e. The van der Waals surface area contributed by atoms with Crippen LogP contribution in [0.2, 0.25) is 0 Å². The van der Waals surface area contributed by atoms with Gasteiger partial charge in [-0.25, -0.2) is 9.59 Å². The summed E-state index contributed by atoms with van der Waals surface area (Å²) in [7, 11) is 1.36. The SMILES string of the molecule is COc1cccc(C=C2C(=O)NC(=O)NC2=O)c1O[C@@H](C)C(=O)O. The van der Waals surface area contributed by atoms with Crippen molar-refractivity contribution in [2.45, 2.75) is 13.0 Å². The van der Waals surface area contributed by atoms with Gasteiger partial charge >= 0.3 is 12.0 Å². The molecule has 1 aromatic rings. The van der Waals surface area contributed by atoms with Crippen LogP contribution in [0.1, 0.15) is 12.5 Å². The number of carboxylic acid groups (broad SMARTS) is 1. The van der Waals surface area contributed by atoms with Crippen LogP contribution >= 0.6 is 0 Å². The number of carbonyl (C=O) groups is 4. The van der Waals surface area contributed by atoms with Crippen LogP contribution in [0.4, 0.5) is 4.79 Å². The molecular formula is C15H14N2O7. The zero-order chi connectivity index (χ0) is 17.9. The van der Waals surface area contributed by atoms with Crippen molar-refractivity contribution in [3.05, 3.63) is 29.3 Å². The third-order valence-electron chi connectivity index (χ3n) is 3.11. The van der Waals surface area contributed by atoms with Crippen molar-refractivity contribution < 1.29 is 33.8 Å². The molecule has 1 saturated heterocycles. The van der Waals surface area contributed by atoms with Crippen LogP contribution < -0.4 is 20.1 Å². The summed E-state index contributed by atoms with van der Waals surface area (Å²) in [4.78, 5) is 45.6. The molecule has 4 amide bonds. The Morgan fingerprint density at radius 2 is 1.83 bits per heavy atom. The summed E-state index contributed by atoms with van der Waals surface area (Å²) in [5.74, 6) is -2.66. The molecule has 1 aliphatic rings. The standard InChI is InChI=1S/C15H14N2O7/c1-7(14(20)21)24-11-8(4-3-5-10(11)23-2)6-9-12(18)16-15(22)17-13(9)19/h3-7H,1-2H3,(H,20,21)(H2,16,17,18,19,22)/t7-/m0/s1. The molecule has 1 heterocycles. The van der Waals surface area contributed by atoms with Crippen LogP contribution in [0.25, 0.3) is 6.08 Å². The molecule has 3 N–H and O–H groups in total. The van der Waals surface area contributed by atoms with Gasteiger partial charge in [-0.3, -0.25) is 20.2 Å². The number of imide groups is 2. The van der Waals surface area contributed by atoms with Gasteiger partial charge in [0.1, 0.15) is 5.57 Å². The highest BCUT2D eigenvalue weighted by molar-refractivity contribution is 6.31. The Labute approximate surface area is 136 Å². The zero-order valence-electron chi connectivity index (χ0n) is 12.8. The van der Waals surface area contributed by atoms with E-state index in [9.17, 15) is 19.2 Å². The molecule has 1 aromatic carbocycles. The highest BCUT2D eigenvalue weighted by Crippen LogP contribution is 2.33. The minimum Gasteiger partial charge on any atom is -0.493 e. The van der Waals surface area contributed by atoms with Crippen LogP contribution in [0.15, 0.2) is 23.8 Å². The van der Waals surface area contributed by atoms with Gasteiger partial charge in [-0.15, -0.1) is 0 Å². The van der Waals surface area contributed by atoms with Crippen LogP contribution in [0.5, 0.6) is 11.5 Å². The number of rotatable bonds is 5. The maximum Gasteiger partial charge on any atom is 0.344 e. The summed E-state index contributed by atoms with van der Waals surface area (Å²) < 4.78 is 10.5. The van der Waals surface area contributed by atoms with Crippen molar-refractivity contribution in [2.24, 2.45) is 0 Å². The van der Waals surface area contributed by atoms with Crippen molar-refractivity contribution in [3.63, 3.8) is 0 Å². The van der Waals surface area contributed by atoms with Crippen molar-refractivity contribution in [1.29, 1.82) is 0 Å². The van der Waals surface area contributed by atoms with E-state index in [0.29, 0.717) is 0 Å². The Morgan fingerprint density at radius 1 is 1.21 bits per heavy atom. The number of aliphatic carboxylic acids is 1. The summed E-state index contributed by atoms with van der Waals surface area (Å²) in [5, 5.41) is 12.9. The molecule has 0 aromatic heterocycles. The number of barbiturate groups is 1. The second-order valence-corrected chi connectivity index (χ2v) is 4.77. The fourth-order valence-electron chi connectivity index (χ4n) is 1.92. The third kappa shape index (κ3) is 3.51. The fourth-order valence-corrected chi connectivity index (χ4v) is 1.92. The van der Waals surface area contributed by atoms with Crippen molar-refractivity contribution in [2.75, 3.05) is 7.11 Å². The van der Waals surface area contributed by atoms with E-state index in [4.69, 9.17) is 14.6 Å². The number of amides is 4. The molecule has 126 valence electrons.